The molecule has 0 saturated heterocycles. The molecule has 0 unspecified atom stereocenters. The van der Waals surface area contributed by atoms with Crippen molar-refractivity contribution in [3.05, 3.63) is 33.1 Å². The molecule has 1 fully saturated rings. The van der Waals surface area contributed by atoms with Gasteiger partial charge in [-0.2, -0.15) is 0 Å². The van der Waals surface area contributed by atoms with E-state index in [0.29, 0.717) is 6.04 Å². The van der Waals surface area contributed by atoms with Gasteiger partial charge in [-0.3, -0.25) is 9.38 Å². The van der Waals surface area contributed by atoms with E-state index in [2.05, 4.69) is 55.7 Å². The zero-order valence-corrected chi connectivity index (χ0v) is 15.3. The van der Waals surface area contributed by atoms with Crippen LogP contribution in [-0.4, -0.2) is 20.4 Å². The summed E-state index contributed by atoms with van der Waals surface area (Å²) in [7, 11) is 0. The lowest BCUT2D eigenvalue weighted by atomic mass is 10.2. The smallest absolute Gasteiger partial charge is 0.196 e. The van der Waals surface area contributed by atoms with Crippen LogP contribution in [0.4, 0.5) is 5.82 Å². The molecule has 3 heterocycles. The van der Waals surface area contributed by atoms with Crippen molar-refractivity contribution in [2.24, 2.45) is 0 Å². The second-order valence-corrected chi connectivity index (χ2v) is 7.78. The first-order chi connectivity index (χ1) is 10.7. The van der Waals surface area contributed by atoms with Crippen LogP contribution in [-0.2, 0) is 0 Å². The molecule has 1 saturated carbocycles. The van der Waals surface area contributed by atoms with Crippen LogP contribution in [0.3, 0.4) is 0 Å². The van der Waals surface area contributed by atoms with Crippen molar-refractivity contribution >= 4 is 44.7 Å². The minimum absolute atomic E-state index is 0.567. The first kappa shape index (κ1) is 14.4. The van der Waals surface area contributed by atoms with Gasteiger partial charge in [0, 0.05) is 38.6 Å². The van der Waals surface area contributed by atoms with E-state index in [1.807, 2.05) is 12.4 Å². The van der Waals surface area contributed by atoms with E-state index >= 15 is 0 Å². The summed E-state index contributed by atoms with van der Waals surface area (Å²) in [6.07, 6.45) is 8.90. The third-order valence-corrected chi connectivity index (χ3v) is 6.06. The van der Waals surface area contributed by atoms with Gasteiger partial charge in [-0.25, -0.2) is 4.98 Å². The number of nitrogens with one attached hydrogen (secondary N) is 1. The van der Waals surface area contributed by atoms with Gasteiger partial charge in [0.25, 0.3) is 0 Å². The zero-order valence-electron chi connectivity index (χ0n) is 12.3. The van der Waals surface area contributed by atoms with Crippen LogP contribution in [0.2, 0.25) is 0 Å². The molecular weight excluding hydrogens is 407 g/mol. The summed E-state index contributed by atoms with van der Waals surface area (Å²) in [6.45, 7) is 2.15. The minimum atomic E-state index is 0.567. The number of aromatic nitrogens is 3. The van der Waals surface area contributed by atoms with Gasteiger partial charge in [0.2, 0.25) is 0 Å². The Bertz CT molecular complexity index is 817. The highest BCUT2D eigenvalue weighted by atomic mass is 127. The fourth-order valence-electron chi connectivity index (χ4n) is 3.15. The summed E-state index contributed by atoms with van der Waals surface area (Å²) >= 11 is 4.04. The van der Waals surface area contributed by atoms with E-state index in [-0.39, 0.29) is 0 Å². The van der Waals surface area contributed by atoms with Crippen molar-refractivity contribution in [1.82, 2.24) is 14.4 Å². The fraction of sp³-hybridized carbons (Fsp3) is 0.375. The molecule has 0 radical (unpaired) electrons. The number of anilines is 1. The number of imidazole rings is 1. The lowest BCUT2D eigenvalue weighted by Gasteiger charge is -2.15. The molecule has 1 N–H and O–H groups in total. The second kappa shape index (κ2) is 5.81. The molecule has 4 rings (SSSR count). The molecular formula is C16H17IN4S. The average molecular weight is 424 g/mol. The summed E-state index contributed by atoms with van der Waals surface area (Å²) < 4.78 is 3.40. The van der Waals surface area contributed by atoms with Crippen molar-refractivity contribution in [2.45, 2.75) is 38.6 Å². The highest BCUT2D eigenvalue weighted by Gasteiger charge is 2.22. The van der Waals surface area contributed by atoms with E-state index in [1.54, 1.807) is 11.3 Å². The summed E-state index contributed by atoms with van der Waals surface area (Å²) in [5.41, 5.74) is 3.45. The number of hydrogen-bond donors (Lipinski definition) is 1. The number of thiazole rings is 1. The third kappa shape index (κ3) is 2.42. The SMILES string of the molecule is Cc1csc2nc(-c3ccncc3I)c(NC3CCCC3)n12. The van der Waals surface area contributed by atoms with Gasteiger partial charge in [0.05, 0.1) is 0 Å². The molecule has 1 aliphatic carbocycles. The maximum absolute atomic E-state index is 4.89. The minimum Gasteiger partial charge on any atom is -0.367 e. The predicted octanol–water partition coefficient (Wildman–Crippen LogP) is 4.73. The molecule has 0 bridgehead atoms. The number of rotatable bonds is 3. The largest absolute Gasteiger partial charge is 0.367 e. The average Bonchev–Trinajstić information content (AvgIpc) is 3.21. The number of nitrogens with zero attached hydrogens (tertiary/aromatic N) is 3. The Hall–Kier alpha value is -1.15. The van der Waals surface area contributed by atoms with E-state index in [1.165, 1.54) is 31.4 Å². The van der Waals surface area contributed by atoms with Crippen LogP contribution in [0.1, 0.15) is 31.4 Å². The quantitative estimate of drug-likeness (QED) is 0.619. The Morgan fingerprint density at radius 2 is 2.18 bits per heavy atom. The Morgan fingerprint density at radius 1 is 1.36 bits per heavy atom. The molecule has 6 heteroatoms. The monoisotopic (exact) mass is 424 g/mol. The second-order valence-electron chi connectivity index (χ2n) is 5.79. The maximum atomic E-state index is 4.89. The highest BCUT2D eigenvalue weighted by Crippen LogP contribution is 2.36. The van der Waals surface area contributed by atoms with Crippen LogP contribution in [0.5, 0.6) is 0 Å². The molecule has 0 aliphatic heterocycles. The number of halogens is 1. The fourth-order valence-corrected chi connectivity index (χ4v) is 4.61. The van der Waals surface area contributed by atoms with Gasteiger partial charge in [0.1, 0.15) is 11.5 Å². The topological polar surface area (TPSA) is 42.2 Å². The Kier molecular flexibility index (Phi) is 3.81. The van der Waals surface area contributed by atoms with Gasteiger partial charge >= 0.3 is 0 Å². The number of hydrogen-bond acceptors (Lipinski definition) is 4. The van der Waals surface area contributed by atoms with Crippen molar-refractivity contribution in [1.29, 1.82) is 0 Å². The lowest BCUT2D eigenvalue weighted by Crippen LogP contribution is -2.16. The number of fused-ring (bicyclic) bond motifs is 1. The molecule has 0 spiro atoms. The number of aryl methyl sites for hydroxylation is 1. The van der Waals surface area contributed by atoms with Crippen LogP contribution >= 0.6 is 33.9 Å². The summed E-state index contributed by atoms with van der Waals surface area (Å²) in [5, 5.41) is 5.94. The van der Waals surface area contributed by atoms with Gasteiger partial charge < -0.3 is 5.32 Å². The molecule has 3 aromatic heterocycles. The first-order valence-electron chi connectivity index (χ1n) is 7.57. The standard InChI is InChI=1S/C16H17IN4S/c1-10-9-22-16-20-14(12-6-7-18-8-13(12)17)15(21(10)16)19-11-4-2-3-5-11/h6-9,11,19H,2-5H2,1H3. The Balaban J connectivity index is 1.88. The molecule has 22 heavy (non-hydrogen) atoms. The normalized spacial score (nSPS) is 15.7. The molecule has 114 valence electrons. The first-order valence-corrected chi connectivity index (χ1v) is 9.53. The van der Waals surface area contributed by atoms with E-state index in [9.17, 15) is 0 Å². The molecule has 0 aromatic carbocycles. The highest BCUT2D eigenvalue weighted by molar-refractivity contribution is 14.1. The summed E-state index contributed by atoms with van der Waals surface area (Å²) in [5.74, 6) is 1.14. The van der Waals surface area contributed by atoms with Crippen molar-refractivity contribution < 1.29 is 0 Å². The van der Waals surface area contributed by atoms with E-state index in [0.717, 1.165) is 25.6 Å². The van der Waals surface area contributed by atoms with Crippen LogP contribution < -0.4 is 5.32 Å². The molecule has 1 aliphatic rings. The molecule has 3 aromatic rings. The molecule has 0 amide bonds. The van der Waals surface area contributed by atoms with Gasteiger partial charge in [-0.05, 0) is 48.4 Å². The van der Waals surface area contributed by atoms with E-state index in [4.69, 9.17) is 4.98 Å². The lowest BCUT2D eigenvalue weighted by molar-refractivity contribution is 0.748. The predicted molar refractivity (Wildman–Crippen MR) is 99.6 cm³/mol. The Morgan fingerprint density at radius 3 is 2.95 bits per heavy atom. The summed E-state index contributed by atoms with van der Waals surface area (Å²) in [4.78, 5) is 10.2. The third-order valence-electron chi connectivity index (χ3n) is 4.26. The van der Waals surface area contributed by atoms with Crippen molar-refractivity contribution in [2.75, 3.05) is 5.32 Å². The van der Waals surface area contributed by atoms with Gasteiger partial charge in [-0.1, -0.05) is 12.8 Å². The van der Waals surface area contributed by atoms with Gasteiger partial charge in [0.15, 0.2) is 4.96 Å². The van der Waals surface area contributed by atoms with E-state index < -0.39 is 0 Å². The molecule has 0 atom stereocenters. The molecule has 4 nitrogen and oxygen atoms in total. The van der Waals surface area contributed by atoms with Crippen molar-refractivity contribution in [3.63, 3.8) is 0 Å². The zero-order chi connectivity index (χ0) is 15.1. The number of pyridine rings is 1. The van der Waals surface area contributed by atoms with Crippen LogP contribution in [0, 0.1) is 10.5 Å². The Labute approximate surface area is 147 Å². The van der Waals surface area contributed by atoms with Crippen LogP contribution in [0.15, 0.2) is 23.8 Å². The maximum Gasteiger partial charge on any atom is 0.196 e. The summed E-state index contributed by atoms with van der Waals surface area (Å²) in [6, 6.07) is 2.63. The van der Waals surface area contributed by atoms with Gasteiger partial charge in [-0.15, -0.1) is 11.3 Å². The van der Waals surface area contributed by atoms with Crippen molar-refractivity contribution in [3.8, 4) is 11.3 Å². The van der Waals surface area contributed by atoms with Crippen LogP contribution in [0.25, 0.3) is 16.2 Å².